The Bertz CT molecular complexity index is 1030. The maximum absolute atomic E-state index is 12.3. The summed E-state index contributed by atoms with van der Waals surface area (Å²) in [4.78, 5) is 18.8. The second kappa shape index (κ2) is 5.89. The fraction of sp³-hybridized carbons (Fsp3) is 0.150. The average molecular weight is 317 g/mol. The lowest BCUT2D eigenvalue weighted by Gasteiger charge is -2.03. The summed E-state index contributed by atoms with van der Waals surface area (Å²) in [5.74, 6) is -0.0660. The number of hydrogen-bond acceptors (Lipinski definition) is 1. The van der Waals surface area contributed by atoms with Gasteiger partial charge in [0.15, 0.2) is 0 Å². The minimum Gasteiger partial charge on any atom is -0.361 e. The maximum atomic E-state index is 12.3. The second-order valence-electron chi connectivity index (χ2n) is 6.14. The van der Waals surface area contributed by atoms with Gasteiger partial charge in [0.05, 0.1) is 0 Å². The average Bonchev–Trinajstić information content (AvgIpc) is 3.18. The molecule has 0 aliphatic carbocycles. The zero-order chi connectivity index (χ0) is 16.5. The molecule has 4 rings (SSSR count). The highest BCUT2D eigenvalue weighted by atomic mass is 16.1. The van der Waals surface area contributed by atoms with Crippen molar-refractivity contribution in [3.8, 4) is 0 Å². The van der Waals surface area contributed by atoms with Gasteiger partial charge in [-0.15, -0.1) is 0 Å². The number of amides is 1. The third kappa shape index (κ3) is 2.67. The van der Waals surface area contributed by atoms with Crippen molar-refractivity contribution < 1.29 is 4.79 Å². The molecule has 0 spiro atoms. The van der Waals surface area contributed by atoms with Crippen molar-refractivity contribution in [2.75, 3.05) is 6.54 Å². The summed E-state index contributed by atoms with van der Waals surface area (Å²) in [5.41, 5.74) is 5.13. The van der Waals surface area contributed by atoms with Gasteiger partial charge in [0.1, 0.15) is 5.69 Å². The molecule has 0 radical (unpaired) electrons. The SMILES string of the molecule is Cc1ccc2[nH]c(C(=O)NCCc3c[nH]c4ccccc34)cc2c1. The lowest BCUT2D eigenvalue weighted by atomic mass is 10.1. The van der Waals surface area contributed by atoms with Gasteiger partial charge in [0.25, 0.3) is 5.91 Å². The topological polar surface area (TPSA) is 60.7 Å². The van der Waals surface area contributed by atoms with Crippen LogP contribution >= 0.6 is 0 Å². The quantitative estimate of drug-likeness (QED) is 0.525. The fourth-order valence-corrected chi connectivity index (χ4v) is 3.12. The number of para-hydroxylation sites is 1. The summed E-state index contributed by atoms with van der Waals surface area (Å²) in [5, 5.41) is 5.28. The lowest BCUT2D eigenvalue weighted by molar-refractivity contribution is 0.0950. The Kier molecular flexibility index (Phi) is 3.58. The Morgan fingerprint density at radius 1 is 1.08 bits per heavy atom. The molecule has 2 heterocycles. The summed E-state index contributed by atoms with van der Waals surface area (Å²) in [7, 11) is 0. The van der Waals surface area contributed by atoms with Crippen LogP contribution in [0.15, 0.2) is 54.7 Å². The number of nitrogens with one attached hydrogen (secondary N) is 3. The van der Waals surface area contributed by atoms with Crippen LogP contribution in [0.5, 0.6) is 0 Å². The number of aromatic nitrogens is 2. The number of carbonyl (C=O) groups is 1. The fourth-order valence-electron chi connectivity index (χ4n) is 3.12. The number of fused-ring (bicyclic) bond motifs is 2. The van der Waals surface area contributed by atoms with Crippen molar-refractivity contribution in [1.29, 1.82) is 0 Å². The van der Waals surface area contributed by atoms with Crippen molar-refractivity contribution in [3.05, 3.63) is 71.5 Å². The number of hydrogen-bond donors (Lipinski definition) is 3. The van der Waals surface area contributed by atoms with Gasteiger partial charge in [0.2, 0.25) is 0 Å². The minimum absolute atomic E-state index is 0.0660. The molecule has 3 N–H and O–H groups in total. The number of carbonyl (C=O) groups excluding carboxylic acids is 1. The summed E-state index contributed by atoms with van der Waals surface area (Å²) < 4.78 is 0. The highest BCUT2D eigenvalue weighted by Gasteiger charge is 2.10. The summed E-state index contributed by atoms with van der Waals surface area (Å²) in [6.45, 7) is 2.66. The van der Waals surface area contributed by atoms with Gasteiger partial charge in [-0.3, -0.25) is 4.79 Å². The smallest absolute Gasteiger partial charge is 0.267 e. The van der Waals surface area contributed by atoms with Crippen molar-refractivity contribution >= 4 is 27.7 Å². The zero-order valence-corrected chi connectivity index (χ0v) is 13.5. The number of benzene rings is 2. The molecule has 0 aliphatic heterocycles. The molecular formula is C20H19N3O. The molecular weight excluding hydrogens is 298 g/mol. The third-order valence-electron chi connectivity index (χ3n) is 4.38. The summed E-state index contributed by atoms with van der Waals surface area (Å²) >= 11 is 0. The van der Waals surface area contributed by atoms with Crippen molar-refractivity contribution in [2.45, 2.75) is 13.3 Å². The first-order chi connectivity index (χ1) is 11.7. The van der Waals surface area contributed by atoms with Crippen molar-refractivity contribution in [3.63, 3.8) is 0 Å². The van der Waals surface area contributed by atoms with Gasteiger partial charge < -0.3 is 15.3 Å². The van der Waals surface area contributed by atoms with Gasteiger partial charge in [-0.25, -0.2) is 0 Å². The molecule has 4 nitrogen and oxygen atoms in total. The molecule has 2 aromatic heterocycles. The van der Waals surface area contributed by atoms with Crippen LogP contribution in [0, 0.1) is 6.92 Å². The van der Waals surface area contributed by atoms with Crippen LogP contribution in [-0.4, -0.2) is 22.4 Å². The Labute approximate surface area is 139 Å². The Morgan fingerprint density at radius 3 is 2.88 bits per heavy atom. The van der Waals surface area contributed by atoms with E-state index >= 15 is 0 Å². The molecule has 0 fully saturated rings. The summed E-state index contributed by atoms with van der Waals surface area (Å²) in [6.07, 6.45) is 2.82. The standard InChI is InChI=1S/C20H19N3O/c1-13-6-7-17-15(10-13)11-19(23-17)20(24)21-9-8-14-12-22-18-5-3-2-4-16(14)18/h2-7,10-12,22-23H,8-9H2,1H3,(H,21,24). The molecule has 24 heavy (non-hydrogen) atoms. The normalized spacial score (nSPS) is 11.2. The van der Waals surface area contributed by atoms with Crippen LogP contribution in [0.3, 0.4) is 0 Å². The van der Waals surface area contributed by atoms with E-state index in [1.807, 2.05) is 43.5 Å². The maximum Gasteiger partial charge on any atom is 0.267 e. The largest absolute Gasteiger partial charge is 0.361 e. The molecule has 120 valence electrons. The van der Waals surface area contributed by atoms with E-state index in [0.29, 0.717) is 12.2 Å². The van der Waals surface area contributed by atoms with Crippen LogP contribution in [0.2, 0.25) is 0 Å². The van der Waals surface area contributed by atoms with E-state index in [-0.39, 0.29) is 5.91 Å². The third-order valence-corrected chi connectivity index (χ3v) is 4.38. The number of aryl methyl sites for hydroxylation is 1. The predicted octanol–water partition coefficient (Wildman–Crippen LogP) is 3.93. The van der Waals surface area contributed by atoms with Crippen LogP contribution in [-0.2, 0) is 6.42 Å². The van der Waals surface area contributed by atoms with Crippen LogP contribution in [0.1, 0.15) is 21.6 Å². The van der Waals surface area contributed by atoms with E-state index in [1.54, 1.807) is 0 Å². The van der Waals surface area contributed by atoms with E-state index in [2.05, 4.69) is 33.5 Å². The number of rotatable bonds is 4. The first kappa shape index (κ1) is 14.6. The monoisotopic (exact) mass is 317 g/mol. The van der Waals surface area contributed by atoms with Crippen molar-refractivity contribution in [1.82, 2.24) is 15.3 Å². The van der Waals surface area contributed by atoms with Gasteiger partial charge >= 0.3 is 0 Å². The van der Waals surface area contributed by atoms with Gasteiger partial charge in [-0.1, -0.05) is 29.8 Å². The van der Waals surface area contributed by atoms with E-state index < -0.39 is 0 Å². The summed E-state index contributed by atoms with van der Waals surface area (Å²) in [6, 6.07) is 16.2. The second-order valence-corrected chi connectivity index (χ2v) is 6.14. The van der Waals surface area contributed by atoms with Crippen molar-refractivity contribution in [2.24, 2.45) is 0 Å². The van der Waals surface area contributed by atoms with Crippen LogP contribution < -0.4 is 5.32 Å². The van der Waals surface area contributed by atoms with Gasteiger partial charge in [-0.05, 0) is 43.2 Å². The molecule has 0 atom stereocenters. The number of H-pyrrole nitrogens is 2. The van der Waals surface area contributed by atoms with Crippen LogP contribution in [0.25, 0.3) is 21.8 Å². The molecule has 0 aliphatic rings. The predicted molar refractivity (Wildman–Crippen MR) is 97.4 cm³/mol. The molecule has 0 saturated carbocycles. The van der Waals surface area contributed by atoms with Crippen LogP contribution in [0.4, 0.5) is 0 Å². The molecule has 2 aromatic carbocycles. The molecule has 0 saturated heterocycles. The Hall–Kier alpha value is -3.01. The van der Waals surface area contributed by atoms with E-state index in [1.165, 1.54) is 16.5 Å². The molecule has 0 unspecified atom stereocenters. The van der Waals surface area contributed by atoms with E-state index in [9.17, 15) is 4.79 Å². The molecule has 1 amide bonds. The molecule has 4 heteroatoms. The highest BCUT2D eigenvalue weighted by molar-refractivity contribution is 5.98. The minimum atomic E-state index is -0.0660. The van der Waals surface area contributed by atoms with Gasteiger partial charge in [-0.2, -0.15) is 0 Å². The van der Waals surface area contributed by atoms with E-state index in [0.717, 1.165) is 22.8 Å². The first-order valence-corrected chi connectivity index (χ1v) is 8.13. The zero-order valence-electron chi connectivity index (χ0n) is 13.5. The number of aromatic amines is 2. The van der Waals surface area contributed by atoms with Gasteiger partial charge in [0, 0.05) is 34.5 Å². The Balaban J connectivity index is 1.44. The highest BCUT2D eigenvalue weighted by Crippen LogP contribution is 2.18. The molecule has 0 bridgehead atoms. The molecule has 4 aromatic rings. The first-order valence-electron chi connectivity index (χ1n) is 8.13. The van der Waals surface area contributed by atoms with E-state index in [4.69, 9.17) is 0 Å². The Morgan fingerprint density at radius 2 is 1.96 bits per heavy atom. The lowest BCUT2D eigenvalue weighted by Crippen LogP contribution is -2.25.